The molecule has 2 N–H and O–H groups in total. The van der Waals surface area contributed by atoms with Crippen molar-refractivity contribution in [2.75, 3.05) is 13.2 Å². The van der Waals surface area contributed by atoms with Crippen LogP contribution in [-0.2, 0) is 11.2 Å². The Morgan fingerprint density at radius 1 is 1.14 bits per heavy atom. The maximum Gasteiger partial charge on any atom is 0.204 e. The van der Waals surface area contributed by atoms with Crippen LogP contribution in [0.25, 0.3) is 11.4 Å². The molecule has 0 fully saturated rings. The molecule has 3 aromatic rings. The number of aromatic nitrogens is 4. The van der Waals surface area contributed by atoms with Gasteiger partial charge >= 0.3 is 0 Å². The molecule has 0 spiro atoms. The lowest BCUT2D eigenvalue weighted by molar-refractivity contribution is -0.107. The number of tetrazole rings is 1. The van der Waals surface area contributed by atoms with E-state index in [4.69, 9.17) is 9.47 Å². The maximum atomic E-state index is 10.6. The van der Waals surface area contributed by atoms with E-state index in [0.717, 1.165) is 30.4 Å². The molecule has 146 valence electrons. The number of aromatic amines is 1. The smallest absolute Gasteiger partial charge is 0.204 e. The number of unbranched alkanes of at least 4 members (excludes halogenated alkanes) is 1. The quantitative estimate of drug-likeness (QED) is 0.362. The first-order valence-corrected chi connectivity index (χ1v) is 9.52. The standard InChI is InChI=1S/C19H19BrN4O4/c20-17-16(7-6-13(8-9-25)18(17)26)28-11-2-1-10-27-15-5-3-4-14(12-15)19-21-23-24-22-19/h3-7,9,12,26H,1-2,8,10-11H2,(H,21,22,23,24). The van der Waals surface area contributed by atoms with Gasteiger partial charge in [0.05, 0.1) is 13.2 Å². The van der Waals surface area contributed by atoms with Crippen LogP contribution >= 0.6 is 15.9 Å². The van der Waals surface area contributed by atoms with E-state index in [1.165, 1.54) is 0 Å². The number of aromatic hydroxyl groups is 1. The molecule has 0 radical (unpaired) electrons. The number of phenolic OH excluding ortho intramolecular Hbond substituents is 1. The number of H-pyrrole nitrogens is 1. The van der Waals surface area contributed by atoms with Gasteiger partial charge in [0, 0.05) is 17.5 Å². The van der Waals surface area contributed by atoms with Crippen LogP contribution in [0, 0.1) is 0 Å². The Morgan fingerprint density at radius 3 is 2.71 bits per heavy atom. The van der Waals surface area contributed by atoms with Gasteiger partial charge in [-0.1, -0.05) is 18.2 Å². The molecule has 0 unspecified atom stereocenters. The van der Waals surface area contributed by atoms with E-state index in [2.05, 4.69) is 36.6 Å². The highest BCUT2D eigenvalue weighted by atomic mass is 79.9. The topological polar surface area (TPSA) is 110 Å². The van der Waals surface area contributed by atoms with Crippen LogP contribution < -0.4 is 9.47 Å². The molecule has 0 aliphatic rings. The Kier molecular flexibility index (Phi) is 6.96. The largest absolute Gasteiger partial charge is 0.506 e. The van der Waals surface area contributed by atoms with Crippen molar-refractivity contribution in [3.05, 3.63) is 46.4 Å². The van der Waals surface area contributed by atoms with Crippen molar-refractivity contribution in [1.82, 2.24) is 20.6 Å². The van der Waals surface area contributed by atoms with Gasteiger partial charge in [-0.15, -0.1) is 10.2 Å². The van der Waals surface area contributed by atoms with E-state index in [1.54, 1.807) is 12.1 Å². The zero-order chi connectivity index (χ0) is 19.8. The fourth-order valence-corrected chi connectivity index (χ4v) is 3.04. The molecule has 1 aromatic heterocycles. The van der Waals surface area contributed by atoms with Gasteiger partial charge in [-0.2, -0.15) is 5.21 Å². The van der Waals surface area contributed by atoms with Gasteiger partial charge in [0.2, 0.25) is 5.82 Å². The second kappa shape index (κ2) is 9.84. The van der Waals surface area contributed by atoms with Crippen LogP contribution in [0.5, 0.6) is 17.2 Å². The van der Waals surface area contributed by atoms with E-state index in [-0.39, 0.29) is 12.2 Å². The molecule has 2 aromatic carbocycles. The fourth-order valence-electron chi connectivity index (χ4n) is 2.54. The van der Waals surface area contributed by atoms with E-state index >= 15 is 0 Å². The summed E-state index contributed by atoms with van der Waals surface area (Å²) in [5, 5.41) is 23.9. The lowest BCUT2D eigenvalue weighted by Crippen LogP contribution is -2.03. The monoisotopic (exact) mass is 446 g/mol. The summed E-state index contributed by atoms with van der Waals surface area (Å²) in [4.78, 5) is 10.6. The molecule has 0 atom stereocenters. The van der Waals surface area contributed by atoms with E-state index in [1.807, 2.05) is 24.3 Å². The third-order valence-electron chi connectivity index (χ3n) is 3.97. The van der Waals surface area contributed by atoms with Gasteiger partial charge < -0.3 is 19.4 Å². The summed E-state index contributed by atoms with van der Waals surface area (Å²) in [7, 11) is 0. The molecule has 0 bridgehead atoms. The number of ether oxygens (including phenoxy) is 2. The van der Waals surface area contributed by atoms with Crippen LogP contribution in [0.3, 0.4) is 0 Å². The molecule has 0 aliphatic carbocycles. The third-order valence-corrected chi connectivity index (χ3v) is 4.74. The summed E-state index contributed by atoms with van der Waals surface area (Å²) in [6, 6.07) is 10.9. The highest BCUT2D eigenvalue weighted by Gasteiger charge is 2.11. The normalized spacial score (nSPS) is 10.6. The zero-order valence-corrected chi connectivity index (χ0v) is 16.6. The summed E-state index contributed by atoms with van der Waals surface area (Å²) in [5.74, 6) is 1.84. The molecule has 0 saturated carbocycles. The number of nitrogens with one attached hydrogen (secondary N) is 1. The zero-order valence-electron chi connectivity index (χ0n) is 15.0. The Morgan fingerprint density at radius 2 is 1.96 bits per heavy atom. The number of carbonyl (C=O) groups is 1. The minimum absolute atomic E-state index is 0.0365. The minimum Gasteiger partial charge on any atom is -0.506 e. The SMILES string of the molecule is O=CCc1ccc(OCCCCOc2cccc(-c3nn[nH]n3)c2)c(Br)c1O. The second-order valence-corrected chi connectivity index (χ2v) is 6.72. The number of benzene rings is 2. The minimum atomic E-state index is 0.0365. The maximum absolute atomic E-state index is 10.6. The summed E-state index contributed by atoms with van der Waals surface area (Å²) < 4.78 is 11.9. The van der Waals surface area contributed by atoms with E-state index in [0.29, 0.717) is 34.8 Å². The van der Waals surface area contributed by atoms with Gasteiger partial charge in [0.1, 0.15) is 28.0 Å². The van der Waals surface area contributed by atoms with Crippen molar-refractivity contribution in [2.45, 2.75) is 19.3 Å². The van der Waals surface area contributed by atoms with Crippen LogP contribution in [0.4, 0.5) is 0 Å². The predicted octanol–water partition coefficient (Wildman–Crippen LogP) is 3.31. The van der Waals surface area contributed by atoms with Crippen molar-refractivity contribution >= 4 is 22.2 Å². The summed E-state index contributed by atoms with van der Waals surface area (Å²) in [6.07, 6.45) is 2.50. The van der Waals surface area contributed by atoms with Crippen molar-refractivity contribution in [3.63, 3.8) is 0 Å². The highest BCUT2D eigenvalue weighted by Crippen LogP contribution is 2.36. The van der Waals surface area contributed by atoms with Gasteiger partial charge in [0.15, 0.2) is 0 Å². The van der Waals surface area contributed by atoms with Crippen molar-refractivity contribution < 1.29 is 19.4 Å². The number of halogens is 1. The molecule has 1 heterocycles. The van der Waals surface area contributed by atoms with Gasteiger partial charge in [-0.25, -0.2) is 0 Å². The van der Waals surface area contributed by atoms with Crippen molar-refractivity contribution in [2.24, 2.45) is 0 Å². The molecular formula is C19H19BrN4O4. The number of phenols is 1. The summed E-state index contributed by atoms with van der Waals surface area (Å²) in [5.41, 5.74) is 1.39. The van der Waals surface area contributed by atoms with Crippen LogP contribution in [0.2, 0.25) is 0 Å². The van der Waals surface area contributed by atoms with Crippen LogP contribution in [-0.4, -0.2) is 45.2 Å². The van der Waals surface area contributed by atoms with Crippen LogP contribution in [0.15, 0.2) is 40.9 Å². The summed E-state index contributed by atoms with van der Waals surface area (Å²) in [6.45, 7) is 1.03. The average Bonchev–Trinajstić information content (AvgIpc) is 3.25. The Bertz CT molecular complexity index is 918. The highest BCUT2D eigenvalue weighted by molar-refractivity contribution is 9.10. The second-order valence-electron chi connectivity index (χ2n) is 5.92. The first-order chi connectivity index (χ1) is 13.7. The third kappa shape index (κ3) is 5.07. The number of hydrogen-bond donors (Lipinski definition) is 2. The first kappa shape index (κ1) is 19.8. The number of carbonyl (C=O) groups excluding carboxylic acids is 1. The molecule has 0 amide bonds. The number of aldehydes is 1. The Labute approximate surface area is 170 Å². The molecule has 0 saturated heterocycles. The molecule has 8 nitrogen and oxygen atoms in total. The number of hydrogen-bond acceptors (Lipinski definition) is 7. The summed E-state index contributed by atoms with van der Waals surface area (Å²) >= 11 is 3.31. The lowest BCUT2D eigenvalue weighted by atomic mass is 10.1. The predicted molar refractivity (Wildman–Crippen MR) is 105 cm³/mol. The molecular weight excluding hydrogens is 428 g/mol. The van der Waals surface area contributed by atoms with Gasteiger partial charge in [0.25, 0.3) is 0 Å². The van der Waals surface area contributed by atoms with Crippen molar-refractivity contribution in [1.29, 1.82) is 0 Å². The van der Waals surface area contributed by atoms with Gasteiger partial charge in [-0.05, 0) is 52.2 Å². The van der Waals surface area contributed by atoms with E-state index in [9.17, 15) is 9.90 Å². The Balaban J connectivity index is 1.42. The average molecular weight is 447 g/mol. The van der Waals surface area contributed by atoms with Crippen LogP contribution in [0.1, 0.15) is 18.4 Å². The number of nitrogens with zero attached hydrogens (tertiary/aromatic N) is 3. The van der Waals surface area contributed by atoms with E-state index < -0.39 is 0 Å². The molecule has 28 heavy (non-hydrogen) atoms. The lowest BCUT2D eigenvalue weighted by Gasteiger charge is -2.11. The molecule has 3 rings (SSSR count). The van der Waals surface area contributed by atoms with Gasteiger partial charge in [-0.3, -0.25) is 0 Å². The van der Waals surface area contributed by atoms with Crippen molar-refractivity contribution in [3.8, 4) is 28.6 Å². The molecule has 9 heteroatoms. The first-order valence-electron chi connectivity index (χ1n) is 8.72. The number of rotatable bonds is 10. The Hall–Kier alpha value is -2.94. The molecule has 0 aliphatic heterocycles. The fraction of sp³-hybridized carbons (Fsp3) is 0.263.